The number of H-pyrrole nitrogens is 1. The van der Waals surface area contributed by atoms with Gasteiger partial charge in [0.2, 0.25) is 0 Å². The molecule has 0 saturated carbocycles. The zero-order chi connectivity index (χ0) is 13.0. The van der Waals surface area contributed by atoms with Crippen molar-refractivity contribution >= 4 is 11.8 Å². The van der Waals surface area contributed by atoms with Crippen LogP contribution in [0.25, 0.3) is 0 Å². The molecular weight excluding hydrogens is 252 g/mol. The van der Waals surface area contributed by atoms with Gasteiger partial charge in [0.05, 0.1) is 5.60 Å². The van der Waals surface area contributed by atoms with Crippen molar-refractivity contribution < 1.29 is 5.11 Å². The number of hydrogen-bond acceptors (Lipinski definition) is 5. The fourth-order valence-electron chi connectivity index (χ4n) is 2.07. The fourth-order valence-corrected chi connectivity index (χ4v) is 3.20. The number of nitrogens with zero attached hydrogens (tertiary/aromatic N) is 2. The van der Waals surface area contributed by atoms with Gasteiger partial charge in [-0.1, -0.05) is 18.7 Å². The van der Waals surface area contributed by atoms with E-state index in [1.54, 1.807) is 4.57 Å². The van der Waals surface area contributed by atoms with Crippen molar-refractivity contribution in [3.05, 3.63) is 10.5 Å². The molecule has 1 saturated heterocycles. The maximum absolute atomic E-state index is 11.5. The van der Waals surface area contributed by atoms with E-state index < -0.39 is 5.60 Å². The summed E-state index contributed by atoms with van der Waals surface area (Å²) in [5, 5.41) is 20.8. The number of piperidine rings is 1. The first kappa shape index (κ1) is 13.6. The molecule has 1 fully saturated rings. The first-order valence-electron chi connectivity index (χ1n) is 6.36. The Kier molecular flexibility index (Phi) is 4.47. The zero-order valence-electron chi connectivity index (χ0n) is 10.6. The molecule has 0 aliphatic carbocycles. The molecule has 102 valence electrons. The van der Waals surface area contributed by atoms with Crippen LogP contribution in [-0.2, 0) is 6.54 Å². The van der Waals surface area contributed by atoms with Gasteiger partial charge in [-0.15, -0.1) is 5.10 Å². The number of nitrogens with one attached hydrogen (secondary N) is 2. The topological polar surface area (TPSA) is 82.9 Å². The molecule has 6 nitrogen and oxygen atoms in total. The van der Waals surface area contributed by atoms with Crippen LogP contribution in [-0.4, -0.2) is 44.3 Å². The molecule has 0 aromatic carbocycles. The van der Waals surface area contributed by atoms with E-state index in [-0.39, 0.29) is 5.69 Å². The lowest BCUT2D eigenvalue weighted by Gasteiger charge is -2.31. The van der Waals surface area contributed by atoms with Crippen LogP contribution in [0.4, 0.5) is 0 Å². The van der Waals surface area contributed by atoms with Crippen LogP contribution in [0.15, 0.2) is 9.95 Å². The second kappa shape index (κ2) is 5.90. The molecule has 7 heteroatoms. The van der Waals surface area contributed by atoms with Crippen LogP contribution in [0.3, 0.4) is 0 Å². The number of rotatable bonds is 5. The maximum Gasteiger partial charge on any atom is 0.343 e. The van der Waals surface area contributed by atoms with Crippen LogP contribution in [0.5, 0.6) is 0 Å². The average molecular weight is 272 g/mol. The normalized spacial score (nSPS) is 19.0. The number of hydrogen-bond donors (Lipinski definition) is 3. The highest BCUT2D eigenvalue weighted by Crippen LogP contribution is 2.26. The number of aromatic amines is 1. The van der Waals surface area contributed by atoms with Gasteiger partial charge in [0.15, 0.2) is 5.16 Å². The highest BCUT2D eigenvalue weighted by molar-refractivity contribution is 7.99. The van der Waals surface area contributed by atoms with Gasteiger partial charge < -0.3 is 10.4 Å². The molecular formula is C11H20N4O2S. The SMILES string of the molecule is CCCn1c(SCC2(O)CCNCC2)n[nH]c1=O. The molecule has 0 unspecified atom stereocenters. The van der Waals surface area contributed by atoms with Crippen LogP contribution in [0, 0.1) is 0 Å². The lowest BCUT2D eigenvalue weighted by atomic mass is 9.95. The summed E-state index contributed by atoms with van der Waals surface area (Å²) in [5.41, 5.74) is -0.807. The van der Waals surface area contributed by atoms with Gasteiger partial charge in [0.25, 0.3) is 0 Å². The summed E-state index contributed by atoms with van der Waals surface area (Å²) in [6.07, 6.45) is 2.39. The molecule has 1 aromatic rings. The van der Waals surface area contributed by atoms with Crippen molar-refractivity contribution in [3.8, 4) is 0 Å². The first-order valence-corrected chi connectivity index (χ1v) is 7.34. The van der Waals surface area contributed by atoms with Crippen molar-refractivity contribution in [3.63, 3.8) is 0 Å². The Morgan fingerprint density at radius 3 is 2.89 bits per heavy atom. The predicted octanol–water partition coefficient (Wildman–Crippen LogP) is 0.188. The van der Waals surface area contributed by atoms with E-state index in [9.17, 15) is 9.90 Å². The summed E-state index contributed by atoms with van der Waals surface area (Å²) in [4.78, 5) is 11.5. The summed E-state index contributed by atoms with van der Waals surface area (Å²) in [6, 6.07) is 0. The molecule has 1 aromatic heterocycles. The molecule has 1 aliphatic rings. The number of aromatic nitrogens is 3. The quantitative estimate of drug-likeness (QED) is 0.666. The second-order valence-corrected chi connectivity index (χ2v) is 5.67. The predicted molar refractivity (Wildman–Crippen MR) is 70.9 cm³/mol. The van der Waals surface area contributed by atoms with E-state index in [4.69, 9.17) is 0 Å². The van der Waals surface area contributed by atoms with E-state index in [2.05, 4.69) is 15.5 Å². The Bertz CT molecular complexity index is 436. The third-order valence-corrected chi connectivity index (χ3v) is 4.43. The van der Waals surface area contributed by atoms with E-state index in [1.807, 2.05) is 6.92 Å². The van der Waals surface area contributed by atoms with E-state index in [1.165, 1.54) is 11.8 Å². The average Bonchev–Trinajstić information content (AvgIpc) is 2.70. The Hall–Kier alpha value is -0.790. The van der Waals surface area contributed by atoms with E-state index in [0.717, 1.165) is 32.4 Å². The van der Waals surface area contributed by atoms with Crippen molar-refractivity contribution in [2.24, 2.45) is 0 Å². The Balaban J connectivity index is 1.99. The number of thioether (sulfide) groups is 1. The molecule has 0 bridgehead atoms. The highest BCUT2D eigenvalue weighted by Gasteiger charge is 2.29. The summed E-state index contributed by atoms with van der Waals surface area (Å²) < 4.78 is 1.63. The van der Waals surface area contributed by atoms with Gasteiger partial charge in [-0.25, -0.2) is 9.89 Å². The third-order valence-electron chi connectivity index (χ3n) is 3.17. The lowest BCUT2D eigenvalue weighted by Crippen LogP contribution is -2.43. The molecule has 2 rings (SSSR count). The first-order chi connectivity index (χ1) is 8.64. The van der Waals surface area contributed by atoms with Gasteiger partial charge in [-0.2, -0.15) is 0 Å². The van der Waals surface area contributed by atoms with Gasteiger partial charge >= 0.3 is 5.69 Å². The van der Waals surface area contributed by atoms with E-state index >= 15 is 0 Å². The molecule has 0 spiro atoms. The maximum atomic E-state index is 11.5. The van der Waals surface area contributed by atoms with Gasteiger partial charge in [-0.05, 0) is 32.4 Å². The standard InChI is InChI=1S/C11H20N4O2S/c1-2-7-15-9(16)13-14-10(15)18-8-11(17)3-5-12-6-4-11/h12,17H,2-8H2,1H3,(H,13,16). The molecule has 0 atom stereocenters. The van der Waals surface area contributed by atoms with Crippen LogP contribution in [0.1, 0.15) is 26.2 Å². The van der Waals surface area contributed by atoms with Gasteiger partial charge in [-0.3, -0.25) is 4.57 Å². The number of aliphatic hydroxyl groups is 1. The largest absolute Gasteiger partial charge is 0.389 e. The van der Waals surface area contributed by atoms with Gasteiger partial charge in [0.1, 0.15) is 0 Å². The summed E-state index contributed by atoms with van der Waals surface area (Å²) in [7, 11) is 0. The second-order valence-electron chi connectivity index (χ2n) is 4.73. The molecule has 1 aliphatic heterocycles. The monoisotopic (exact) mass is 272 g/mol. The zero-order valence-corrected chi connectivity index (χ0v) is 11.4. The third kappa shape index (κ3) is 3.15. The van der Waals surface area contributed by atoms with Crippen molar-refractivity contribution in [2.45, 2.75) is 43.5 Å². The molecule has 0 amide bonds. The molecule has 3 N–H and O–H groups in total. The highest BCUT2D eigenvalue weighted by atomic mass is 32.2. The van der Waals surface area contributed by atoms with Crippen LogP contribution in [0.2, 0.25) is 0 Å². The minimum Gasteiger partial charge on any atom is -0.389 e. The summed E-state index contributed by atoms with van der Waals surface area (Å²) in [6.45, 7) is 4.38. The van der Waals surface area contributed by atoms with Crippen molar-refractivity contribution in [1.82, 2.24) is 20.1 Å². The Morgan fingerprint density at radius 1 is 1.50 bits per heavy atom. The smallest absolute Gasteiger partial charge is 0.343 e. The Labute approximate surface area is 110 Å². The fraction of sp³-hybridized carbons (Fsp3) is 0.818. The van der Waals surface area contributed by atoms with E-state index in [0.29, 0.717) is 17.5 Å². The van der Waals surface area contributed by atoms with Crippen LogP contribution >= 0.6 is 11.8 Å². The Morgan fingerprint density at radius 2 is 2.22 bits per heavy atom. The molecule has 0 radical (unpaired) electrons. The lowest BCUT2D eigenvalue weighted by molar-refractivity contribution is 0.0338. The summed E-state index contributed by atoms with van der Waals surface area (Å²) in [5.74, 6) is 0.586. The van der Waals surface area contributed by atoms with Crippen LogP contribution < -0.4 is 11.0 Å². The minimum atomic E-state index is -0.637. The van der Waals surface area contributed by atoms with Crippen molar-refractivity contribution in [2.75, 3.05) is 18.8 Å². The molecule has 18 heavy (non-hydrogen) atoms. The molecule has 2 heterocycles. The van der Waals surface area contributed by atoms with Gasteiger partial charge in [0, 0.05) is 12.3 Å². The van der Waals surface area contributed by atoms with Crippen molar-refractivity contribution in [1.29, 1.82) is 0 Å². The summed E-state index contributed by atoms with van der Waals surface area (Å²) >= 11 is 1.46. The minimum absolute atomic E-state index is 0.170.